The molecule has 1 aromatic heterocycles. The van der Waals surface area contributed by atoms with Gasteiger partial charge in [0.1, 0.15) is 0 Å². The molecule has 0 bridgehead atoms. The van der Waals surface area contributed by atoms with E-state index in [1.54, 1.807) is 20.0 Å². The van der Waals surface area contributed by atoms with E-state index in [4.69, 9.17) is 9.47 Å². The monoisotopic (exact) mass is 335 g/mol. The maximum Gasteiger partial charge on any atom is 0.331 e. The molecular formula is C17H25N3O4. The molecule has 2 rings (SSSR count). The third-order valence-corrected chi connectivity index (χ3v) is 3.73. The van der Waals surface area contributed by atoms with Crippen LogP contribution in [0.2, 0.25) is 0 Å². The highest BCUT2D eigenvalue weighted by Gasteiger charge is 2.26. The highest BCUT2D eigenvalue weighted by Crippen LogP contribution is 2.17. The van der Waals surface area contributed by atoms with Gasteiger partial charge in [0, 0.05) is 12.7 Å². The molecule has 1 aliphatic rings. The minimum absolute atomic E-state index is 0.0913. The summed E-state index contributed by atoms with van der Waals surface area (Å²) >= 11 is 0. The van der Waals surface area contributed by atoms with Crippen molar-refractivity contribution in [3.63, 3.8) is 0 Å². The number of nitrogens with one attached hydrogen (secondary N) is 1. The van der Waals surface area contributed by atoms with Crippen molar-refractivity contribution in [2.24, 2.45) is 0 Å². The van der Waals surface area contributed by atoms with Gasteiger partial charge in [0.2, 0.25) is 0 Å². The summed E-state index contributed by atoms with van der Waals surface area (Å²) in [6.45, 7) is 5.88. The van der Waals surface area contributed by atoms with E-state index in [0.29, 0.717) is 0 Å². The zero-order valence-electron chi connectivity index (χ0n) is 14.3. The van der Waals surface area contributed by atoms with E-state index in [0.717, 1.165) is 31.6 Å². The average Bonchev–Trinajstić information content (AvgIpc) is 3.02. The van der Waals surface area contributed by atoms with Crippen LogP contribution in [-0.4, -0.2) is 48.0 Å². The third kappa shape index (κ3) is 5.19. The zero-order chi connectivity index (χ0) is 17.4. The fourth-order valence-electron chi connectivity index (χ4n) is 2.61. The maximum absolute atomic E-state index is 12.2. The van der Waals surface area contributed by atoms with Gasteiger partial charge in [-0.15, -0.1) is 0 Å². The Hall–Kier alpha value is -2.15. The second kappa shape index (κ2) is 9.22. The predicted molar refractivity (Wildman–Crippen MR) is 89.2 cm³/mol. The van der Waals surface area contributed by atoms with Crippen molar-refractivity contribution in [3.8, 4) is 0 Å². The molecule has 1 aromatic rings. The van der Waals surface area contributed by atoms with E-state index in [1.165, 1.54) is 10.3 Å². The number of nitrogens with zero attached hydrogens (tertiary/aromatic N) is 2. The summed E-state index contributed by atoms with van der Waals surface area (Å²) in [6, 6.07) is 1.03. The Morgan fingerprint density at radius 2 is 2.17 bits per heavy atom. The molecule has 1 saturated heterocycles. The summed E-state index contributed by atoms with van der Waals surface area (Å²) in [5.74, 6) is -0.922. The van der Waals surface area contributed by atoms with Crippen molar-refractivity contribution >= 4 is 18.0 Å². The van der Waals surface area contributed by atoms with Gasteiger partial charge >= 0.3 is 11.9 Å². The molecule has 2 heterocycles. The van der Waals surface area contributed by atoms with Crippen molar-refractivity contribution in [1.82, 2.24) is 15.1 Å². The topological polar surface area (TPSA) is 82.5 Å². The first-order valence-corrected chi connectivity index (χ1v) is 8.41. The number of ether oxygens (including phenoxy) is 2. The third-order valence-electron chi connectivity index (χ3n) is 3.73. The first-order chi connectivity index (χ1) is 11.6. The standard InChI is InChI=1S/C17H25N3O4/c1-3-23-16(21)11-15(17(22)24-4-2)20-9-7-14(19-20)10-13-6-5-8-18-12-13/h7,9-10,15,18H,3-6,8,11-12H2,1-2H3. The largest absolute Gasteiger partial charge is 0.466 e. The number of esters is 2. The lowest BCUT2D eigenvalue weighted by Gasteiger charge is -2.16. The van der Waals surface area contributed by atoms with Gasteiger partial charge in [-0.05, 0) is 45.4 Å². The van der Waals surface area contributed by atoms with Crippen LogP contribution in [0.1, 0.15) is 44.8 Å². The van der Waals surface area contributed by atoms with Crippen LogP contribution in [0.25, 0.3) is 6.08 Å². The smallest absolute Gasteiger partial charge is 0.331 e. The van der Waals surface area contributed by atoms with E-state index in [-0.39, 0.29) is 19.6 Å². The Bertz CT molecular complexity index is 586. The summed E-state index contributed by atoms with van der Waals surface area (Å²) in [7, 11) is 0. The van der Waals surface area contributed by atoms with Gasteiger partial charge < -0.3 is 14.8 Å². The highest BCUT2D eigenvalue weighted by atomic mass is 16.5. The van der Waals surface area contributed by atoms with Crippen molar-refractivity contribution in [2.45, 2.75) is 39.2 Å². The van der Waals surface area contributed by atoms with Crippen molar-refractivity contribution in [3.05, 3.63) is 23.5 Å². The van der Waals surface area contributed by atoms with Gasteiger partial charge in [-0.25, -0.2) is 4.79 Å². The van der Waals surface area contributed by atoms with Crippen molar-refractivity contribution in [2.75, 3.05) is 26.3 Å². The van der Waals surface area contributed by atoms with Crippen LogP contribution >= 0.6 is 0 Å². The van der Waals surface area contributed by atoms with Crippen LogP contribution in [-0.2, 0) is 19.1 Å². The molecule has 132 valence electrons. The number of hydrogen-bond acceptors (Lipinski definition) is 6. The van der Waals surface area contributed by atoms with Crippen LogP contribution in [0.15, 0.2) is 17.8 Å². The molecule has 1 aliphatic heterocycles. The number of carbonyl (C=O) groups is 2. The summed E-state index contributed by atoms with van der Waals surface area (Å²) in [5, 5.41) is 7.75. The Morgan fingerprint density at radius 3 is 2.83 bits per heavy atom. The lowest BCUT2D eigenvalue weighted by Crippen LogP contribution is -2.26. The first-order valence-electron chi connectivity index (χ1n) is 8.41. The molecular weight excluding hydrogens is 310 g/mol. The minimum Gasteiger partial charge on any atom is -0.466 e. The molecule has 24 heavy (non-hydrogen) atoms. The van der Waals surface area contributed by atoms with Crippen LogP contribution in [0.4, 0.5) is 0 Å². The molecule has 0 amide bonds. The molecule has 1 unspecified atom stereocenters. The number of aromatic nitrogens is 2. The molecule has 0 aliphatic carbocycles. The summed E-state index contributed by atoms with van der Waals surface area (Å²) in [6.07, 6.45) is 5.79. The van der Waals surface area contributed by atoms with Gasteiger partial charge in [0.05, 0.1) is 25.3 Å². The molecule has 0 saturated carbocycles. The summed E-state index contributed by atoms with van der Waals surface area (Å²) in [5.41, 5.74) is 2.05. The van der Waals surface area contributed by atoms with Crippen LogP contribution in [0.5, 0.6) is 0 Å². The lowest BCUT2D eigenvalue weighted by atomic mass is 10.1. The Labute approximate surface area is 142 Å². The van der Waals surface area contributed by atoms with E-state index in [1.807, 2.05) is 12.1 Å². The predicted octanol–water partition coefficient (Wildman–Crippen LogP) is 1.71. The second-order valence-electron chi connectivity index (χ2n) is 5.58. The maximum atomic E-state index is 12.2. The van der Waals surface area contributed by atoms with Gasteiger partial charge in [-0.2, -0.15) is 5.10 Å². The number of hydrogen-bond donors (Lipinski definition) is 1. The fraction of sp³-hybridized carbons (Fsp3) is 0.588. The molecule has 0 radical (unpaired) electrons. The van der Waals surface area contributed by atoms with Crippen molar-refractivity contribution < 1.29 is 19.1 Å². The van der Waals surface area contributed by atoms with Gasteiger partial charge in [0.15, 0.2) is 6.04 Å². The Morgan fingerprint density at radius 1 is 1.38 bits per heavy atom. The summed E-state index contributed by atoms with van der Waals surface area (Å²) in [4.78, 5) is 23.9. The molecule has 7 heteroatoms. The van der Waals surface area contributed by atoms with Crippen LogP contribution < -0.4 is 5.32 Å². The molecule has 7 nitrogen and oxygen atoms in total. The average molecular weight is 335 g/mol. The van der Waals surface area contributed by atoms with E-state index >= 15 is 0 Å². The fourth-order valence-corrected chi connectivity index (χ4v) is 2.61. The highest BCUT2D eigenvalue weighted by molar-refractivity contribution is 5.81. The van der Waals surface area contributed by atoms with E-state index < -0.39 is 18.0 Å². The van der Waals surface area contributed by atoms with Crippen molar-refractivity contribution in [1.29, 1.82) is 0 Å². The molecule has 0 aromatic carbocycles. The van der Waals surface area contributed by atoms with Gasteiger partial charge in [-0.3, -0.25) is 9.48 Å². The van der Waals surface area contributed by atoms with Crippen LogP contribution in [0.3, 0.4) is 0 Å². The summed E-state index contributed by atoms with van der Waals surface area (Å²) < 4.78 is 11.5. The van der Waals surface area contributed by atoms with E-state index in [2.05, 4.69) is 10.4 Å². The minimum atomic E-state index is -0.805. The molecule has 0 spiro atoms. The van der Waals surface area contributed by atoms with Crippen LogP contribution in [0, 0.1) is 0 Å². The van der Waals surface area contributed by atoms with E-state index in [9.17, 15) is 9.59 Å². The number of carbonyl (C=O) groups excluding carboxylic acids is 2. The number of piperidine rings is 1. The number of rotatable bonds is 7. The zero-order valence-corrected chi connectivity index (χ0v) is 14.3. The first kappa shape index (κ1) is 18.2. The molecule has 1 fully saturated rings. The Balaban J connectivity index is 2.13. The van der Waals surface area contributed by atoms with Gasteiger partial charge in [0.25, 0.3) is 0 Å². The SMILES string of the molecule is CCOC(=O)CC(C(=O)OCC)n1ccc(C=C2CCCNC2)n1. The quantitative estimate of drug-likeness (QED) is 0.764. The normalized spacial score (nSPS) is 17.5. The molecule has 1 atom stereocenters. The Kier molecular flexibility index (Phi) is 6.99. The lowest BCUT2D eigenvalue weighted by molar-refractivity contribution is -0.154. The second-order valence-corrected chi connectivity index (χ2v) is 5.58. The molecule has 1 N–H and O–H groups in total. The van der Waals surface area contributed by atoms with Gasteiger partial charge in [-0.1, -0.05) is 5.57 Å².